The van der Waals surface area contributed by atoms with Crippen molar-refractivity contribution in [1.29, 1.82) is 0 Å². The summed E-state index contributed by atoms with van der Waals surface area (Å²) in [6.07, 6.45) is 1.08. The molecular weight excluding hydrogens is 130 g/mol. The summed E-state index contributed by atoms with van der Waals surface area (Å²) in [5.74, 6) is 1.96. The van der Waals surface area contributed by atoms with Gasteiger partial charge in [0.15, 0.2) is 0 Å². The van der Waals surface area contributed by atoms with E-state index in [9.17, 15) is 0 Å². The van der Waals surface area contributed by atoms with Crippen molar-refractivity contribution >= 4 is 11.8 Å². The molecule has 0 fully saturated rings. The van der Waals surface area contributed by atoms with E-state index in [0.717, 1.165) is 12.3 Å². The molecular formula is C7H17NS. The van der Waals surface area contributed by atoms with Crippen LogP contribution >= 0.6 is 11.8 Å². The first-order valence-electron chi connectivity index (χ1n) is 3.54. The van der Waals surface area contributed by atoms with E-state index in [1.165, 1.54) is 5.75 Å². The molecule has 2 N–H and O–H groups in total. The van der Waals surface area contributed by atoms with Gasteiger partial charge in [0.05, 0.1) is 5.37 Å². The Morgan fingerprint density at radius 1 is 1.44 bits per heavy atom. The van der Waals surface area contributed by atoms with Gasteiger partial charge in [0.25, 0.3) is 0 Å². The molecule has 0 aromatic rings. The van der Waals surface area contributed by atoms with Crippen molar-refractivity contribution in [1.82, 2.24) is 0 Å². The van der Waals surface area contributed by atoms with Crippen molar-refractivity contribution in [2.75, 3.05) is 5.75 Å². The minimum atomic E-state index is 0.354. The molecule has 0 saturated carbocycles. The molecule has 0 aromatic heterocycles. The van der Waals surface area contributed by atoms with Crippen LogP contribution in [-0.2, 0) is 0 Å². The molecule has 0 heterocycles. The van der Waals surface area contributed by atoms with Gasteiger partial charge in [0, 0.05) is 0 Å². The van der Waals surface area contributed by atoms with Gasteiger partial charge < -0.3 is 5.73 Å². The molecule has 0 spiro atoms. The van der Waals surface area contributed by atoms with Crippen LogP contribution in [0.4, 0.5) is 0 Å². The zero-order valence-corrected chi connectivity index (χ0v) is 7.37. The maximum Gasteiger partial charge on any atom is 0.0504 e. The van der Waals surface area contributed by atoms with Crippen LogP contribution in [0.1, 0.15) is 27.2 Å². The number of nitrogens with two attached hydrogens (primary N) is 1. The first-order valence-corrected chi connectivity index (χ1v) is 4.58. The molecule has 56 valence electrons. The predicted molar refractivity (Wildman–Crippen MR) is 45.6 cm³/mol. The zero-order valence-electron chi connectivity index (χ0n) is 6.55. The number of rotatable bonds is 4. The maximum atomic E-state index is 5.68. The highest BCUT2D eigenvalue weighted by atomic mass is 32.2. The van der Waals surface area contributed by atoms with Crippen LogP contribution in [0.2, 0.25) is 0 Å². The maximum absolute atomic E-state index is 5.68. The highest BCUT2D eigenvalue weighted by Crippen LogP contribution is 2.12. The van der Waals surface area contributed by atoms with Crippen molar-refractivity contribution in [2.24, 2.45) is 11.7 Å². The first kappa shape index (κ1) is 9.31. The largest absolute Gasteiger partial charge is 0.319 e. The number of hydrogen-bond donors (Lipinski definition) is 1. The van der Waals surface area contributed by atoms with Crippen LogP contribution < -0.4 is 5.73 Å². The van der Waals surface area contributed by atoms with Crippen molar-refractivity contribution in [3.05, 3.63) is 0 Å². The first-order chi connectivity index (χ1) is 4.16. The molecule has 0 aliphatic heterocycles. The molecule has 9 heavy (non-hydrogen) atoms. The lowest BCUT2D eigenvalue weighted by atomic mass is 10.3. The van der Waals surface area contributed by atoms with Crippen molar-refractivity contribution < 1.29 is 0 Å². The Balaban J connectivity index is 3.06. The van der Waals surface area contributed by atoms with Crippen LogP contribution in [0.25, 0.3) is 0 Å². The second-order valence-electron chi connectivity index (χ2n) is 2.67. The fraction of sp³-hybridized carbons (Fsp3) is 1.00. The molecule has 0 amide bonds. The third-order valence-electron chi connectivity index (χ3n) is 1.05. The van der Waals surface area contributed by atoms with Crippen molar-refractivity contribution in [3.63, 3.8) is 0 Å². The summed E-state index contributed by atoms with van der Waals surface area (Å²) in [5, 5.41) is 0.354. The normalized spacial score (nSPS) is 14.3. The van der Waals surface area contributed by atoms with Crippen LogP contribution in [0.3, 0.4) is 0 Å². The lowest BCUT2D eigenvalue weighted by molar-refractivity contribution is 0.743. The van der Waals surface area contributed by atoms with Crippen LogP contribution in [-0.4, -0.2) is 11.1 Å². The van der Waals surface area contributed by atoms with Gasteiger partial charge in [-0.2, -0.15) is 0 Å². The van der Waals surface area contributed by atoms with Crippen LogP contribution in [0.5, 0.6) is 0 Å². The highest BCUT2D eigenvalue weighted by Gasteiger charge is 1.99. The second-order valence-corrected chi connectivity index (χ2v) is 3.95. The summed E-state index contributed by atoms with van der Waals surface area (Å²) in [6.45, 7) is 6.56. The standard InChI is InChI=1S/C7H17NS/c1-4-7(8)9-5-6(2)3/h6-7H,4-5,8H2,1-3H3/t7-/m1/s1. The Morgan fingerprint density at radius 3 is 2.33 bits per heavy atom. The molecule has 0 radical (unpaired) electrons. The summed E-state index contributed by atoms with van der Waals surface area (Å²) in [5.41, 5.74) is 5.68. The number of hydrogen-bond acceptors (Lipinski definition) is 2. The monoisotopic (exact) mass is 147 g/mol. The van der Waals surface area contributed by atoms with Gasteiger partial charge in [0.1, 0.15) is 0 Å². The molecule has 0 unspecified atom stereocenters. The Labute approximate surface area is 62.4 Å². The molecule has 0 aliphatic carbocycles. The number of thioether (sulfide) groups is 1. The fourth-order valence-electron chi connectivity index (χ4n) is 0.434. The Morgan fingerprint density at radius 2 is 2.00 bits per heavy atom. The van der Waals surface area contributed by atoms with E-state index in [4.69, 9.17) is 5.73 Å². The Kier molecular flexibility index (Phi) is 5.30. The van der Waals surface area contributed by atoms with Crippen molar-refractivity contribution in [2.45, 2.75) is 32.6 Å². The van der Waals surface area contributed by atoms with Gasteiger partial charge in [-0.25, -0.2) is 0 Å². The van der Waals surface area contributed by atoms with Crippen LogP contribution in [0.15, 0.2) is 0 Å². The predicted octanol–water partition coefficient (Wildman–Crippen LogP) is 2.07. The Hall–Kier alpha value is 0.310. The quantitative estimate of drug-likeness (QED) is 0.616. The summed E-state index contributed by atoms with van der Waals surface area (Å²) >= 11 is 1.86. The zero-order chi connectivity index (χ0) is 7.28. The van der Waals surface area contributed by atoms with Gasteiger partial charge in [-0.15, -0.1) is 11.8 Å². The molecule has 0 rings (SSSR count). The minimum Gasteiger partial charge on any atom is -0.319 e. The van der Waals surface area contributed by atoms with Crippen molar-refractivity contribution in [3.8, 4) is 0 Å². The average molecular weight is 147 g/mol. The molecule has 0 aliphatic rings. The van der Waals surface area contributed by atoms with Crippen LogP contribution in [0, 0.1) is 5.92 Å². The minimum absolute atomic E-state index is 0.354. The topological polar surface area (TPSA) is 26.0 Å². The van der Waals surface area contributed by atoms with Gasteiger partial charge in [-0.1, -0.05) is 20.8 Å². The summed E-state index contributed by atoms with van der Waals surface area (Å²) in [7, 11) is 0. The Bertz CT molecular complexity index is 63.9. The molecule has 2 heteroatoms. The van der Waals surface area contributed by atoms with E-state index in [0.29, 0.717) is 5.37 Å². The van der Waals surface area contributed by atoms with E-state index in [-0.39, 0.29) is 0 Å². The third kappa shape index (κ3) is 6.19. The summed E-state index contributed by atoms with van der Waals surface area (Å²) in [6, 6.07) is 0. The van der Waals surface area contributed by atoms with Gasteiger partial charge >= 0.3 is 0 Å². The lowest BCUT2D eigenvalue weighted by Crippen LogP contribution is -2.15. The van der Waals surface area contributed by atoms with Gasteiger partial charge in [0.2, 0.25) is 0 Å². The molecule has 0 bridgehead atoms. The van der Waals surface area contributed by atoms with Gasteiger partial charge in [-0.05, 0) is 18.1 Å². The fourth-order valence-corrected chi connectivity index (χ4v) is 1.30. The summed E-state index contributed by atoms with van der Waals surface area (Å²) < 4.78 is 0. The molecule has 1 nitrogen and oxygen atoms in total. The molecule has 1 atom stereocenters. The average Bonchev–Trinajstić information content (AvgIpc) is 1.83. The van der Waals surface area contributed by atoms with Gasteiger partial charge in [-0.3, -0.25) is 0 Å². The second kappa shape index (κ2) is 5.12. The van der Waals surface area contributed by atoms with E-state index >= 15 is 0 Å². The summed E-state index contributed by atoms with van der Waals surface area (Å²) in [4.78, 5) is 0. The molecule has 0 saturated heterocycles. The van der Waals surface area contributed by atoms with E-state index in [1.54, 1.807) is 0 Å². The third-order valence-corrected chi connectivity index (χ3v) is 2.67. The smallest absolute Gasteiger partial charge is 0.0504 e. The van der Waals surface area contributed by atoms with E-state index in [2.05, 4.69) is 20.8 Å². The van der Waals surface area contributed by atoms with E-state index in [1.807, 2.05) is 11.8 Å². The highest BCUT2D eigenvalue weighted by molar-refractivity contribution is 7.99. The van der Waals surface area contributed by atoms with E-state index < -0.39 is 0 Å². The molecule has 0 aromatic carbocycles. The lowest BCUT2D eigenvalue weighted by Gasteiger charge is -2.09. The SMILES string of the molecule is CC[C@H](N)SCC(C)C.